The number of carbonyl (C=O) groups is 1. The van der Waals surface area contributed by atoms with Crippen molar-refractivity contribution in [2.24, 2.45) is 0 Å². The lowest BCUT2D eigenvalue weighted by atomic mass is 10.3. The van der Waals surface area contributed by atoms with Gasteiger partial charge in [-0.1, -0.05) is 17.8 Å². The van der Waals surface area contributed by atoms with Crippen LogP contribution in [0.2, 0.25) is 0 Å². The predicted octanol–water partition coefficient (Wildman–Crippen LogP) is 2.29. The Bertz CT molecular complexity index is 1140. The normalized spacial score (nSPS) is 10.7. The van der Waals surface area contributed by atoms with E-state index in [-0.39, 0.29) is 11.7 Å². The fraction of sp³-hybridized carbons (Fsp3) is 0.158. The summed E-state index contributed by atoms with van der Waals surface area (Å²) in [6.45, 7) is 1.86. The molecule has 2 aromatic heterocycles. The molecule has 0 aliphatic rings. The number of aromatic nitrogens is 7. The van der Waals surface area contributed by atoms with Crippen LogP contribution in [-0.4, -0.2) is 53.7 Å². The van der Waals surface area contributed by atoms with E-state index < -0.39 is 0 Å². The summed E-state index contributed by atoms with van der Waals surface area (Å²) in [4.78, 5) is 12.4. The number of benzene rings is 2. The molecule has 1 amide bonds. The van der Waals surface area contributed by atoms with Crippen molar-refractivity contribution in [2.75, 3.05) is 18.2 Å². The second kappa shape index (κ2) is 8.74. The highest BCUT2D eigenvalue weighted by molar-refractivity contribution is 7.99. The molecule has 0 atom stereocenters. The van der Waals surface area contributed by atoms with Crippen LogP contribution in [0.5, 0.6) is 5.75 Å². The van der Waals surface area contributed by atoms with Crippen molar-refractivity contribution in [3.05, 3.63) is 60.7 Å². The molecule has 0 aliphatic heterocycles. The number of hydrogen-bond acceptors (Lipinski definition) is 8. The number of anilines is 1. The monoisotopic (exact) mass is 422 g/mol. The summed E-state index contributed by atoms with van der Waals surface area (Å²) in [5.41, 5.74) is 2.36. The summed E-state index contributed by atoms with van der Waals surface area (Å²) in [6.07, 6.45) is 1.50. The number of thioether (sulfide) groups is 1. The number of nitrogens with one attached hydrogen (secondary N) is 1. The average molecular weight is 422 g/mol. The molecule has 0 bridgehead atoms. The van der Waals surface area contributed by atoms with Gasteiger partial charge in [0.05, 0.1) is 24.2 Å². The molecule has 0 aliphatic carbocycles. The lowest BCUT2D eigenvalue weighted by Crippen LogP contribution is -2.14. The van der Waals surface area contributed by atoms with E-state index in [0.29, 0.717) is 10.8 Å². The number of hydrogen-bond donors (Lipinski definition) is 1. The van der Waals surface area contributed by atoms with E-state index in [1.165, 1.54) is 22.8 Å². The van der Waals surface area contributed by atoms with Crippen molar-refractivity contribution in [3.63, 3.8) is 0 Å². The van der Waals surface area contributed by atoms with Crippen LogP contribution in [0.1, 0.15) is 5.82 Å². The van der Waals surface area contributed by atoms with E-state index in [9.17, 15) is 4.79 Å². The van der Waals surface area contributed by atoms with Crippen molar-refractivity contribution in [3.8, 4) is 17.1 Å². The van der Waals surface area contributed by atoms with Gasteiger partial charge in [-0.25, -0.2) is 4.68 Å². The van der Waals surface area contributed by atoms with E-state index in [2.05, 4.69) is 31.0 Å². The largest absolute Gasteiger partial charge is 0.497 e. The van der Waals surface area contributed by atoms with E-state index in [0.717, 1.165) is 22.9 Å². The average Bonchev–Trinajstić information content (AvgIpc) is 3.43. The van der Waals surface area contributed by atoms with Crippen LogP contribution in [0.15, 0.2) is 60.0 Å². The maximum Gasteiger partial charge on any atom is 0.234 e. The molecule has 1 N–H and O–H groups in total. The van der Waals surface area contributed by atoms with Crippen LogP contribution >= 0.6 is 11.8 Å². The van der Waals surface area contributed by atoms with Gasteiger partial charge in [-0.2, -0.15) is 0 Å². The van der Waals surface area contributed by atoms with E-state index in [4.69, 9.17) is 4.74 Å². The standard InChI is InChI=1S/C19H18N8O2S/c1-13-22-23-19(27(13)16-4-3-5-17(10-16)29-2)30-11-18(28)21-14-6-8-15(9-7-14)26-12-20-24-25-26/h3-10,12H,11H2,1-2H3,(H,21,28). The summed E-state index contributed by atoms with van der Waals surface area (Å²) in [7, 11) is 1.62. The minimum atomic E-state index is -0.145. The van der Waals surface area contributed by atoms with Gasteiger partial charge in [0.25, 0.3) is 0 Å². The molecule has 0 spiro atoms. The van der Waals surface area contributed by atoms with Gasteiger partial charge < -0.3 is 10.1 Å². The van der Waals surface area contributed by atoms with Gasteiger partial charge in [0.1, 0.15) is 17.9 Å². The minimum absolute atomic E-state index is 0.145. The summed E-state index contributed by atoms with van der Waals surface area (Å²) in [5, 5.41) is 22.9. The molecular formula is C19H18N8O2S. The van der Waals surface area contributed by atoms with E-state index in [1.54, 1.807) is 19.2 Å². The third-order valence-electron chi connectivity index (χ3n) is 4.20. The Morgan fingerprint density at radius 2 is 1.97 bits per heavy atom. The number of amides is 1. The first kappa shape index (κ1) is 19.6. The number of nitrogens with zero attached hydrogens (tertiary/aromatic N) is 7. The molecule has 2 heterocycles. The molecule has 2 aromatic carbocycles. The molecule has 0 saturated carbocycles. The first-order valence-electron chi connectivity index (χ1n) is 8.96. The molecule has 11 heteroatoms. The van der Waals surface area contributed by atoms with Gasteiger partial charge in [-0.05, 0) is 53.7 Å². The number of tetrazole rings is 1. The highest BCUT2D eigenvalue weighted by Crippen LogP contribution is 2.24. The molecule has 4 rings (SSSR count). The van der Waals surface area contributed by atoms with Gasteiger partial charge in [0, 0.05) is 11.8 Å². The quantitative estimate of drug-likeness (QED) is 0.452. The van der Waals surface area contributed by atoms with Crippen molar-refractivity contribution in [2.45, 2.75) is 12.1 Å². The maximum atomic E-state index is 12.4. The van der Waals surface area contributed by atoms with Gasteiger partial charge in [0.15, 0.2) is 5.16 Å². The molecule has 4 aromatic rings. The first-order valence-corrected chi connectivity index (χ1v) is 9.95. The van der Waals surface area contributed by atoms with Crippen LogP contribution in [0.25, 0.3) is 11.4 Å². The van der Waals surface area contributed by atoms with Gasteiger partial charge >= 0.3 is 0 Å². The van der Waals surface area contributed by atoms with Crippen molar-refractivity contribution >= 4 is 23.4 Å². The first-order chi connectivity index (χ1) is 14.6. The van der Waals surface area contributed by atoms with Crippen LogP contribution in [0, 0.1) is 6.92 Å². The maximum absolute atomic E-state index is 12.4. The van der Waals surface area contributed by atoms with E-state index in [1.807, 2.05) is 47.9 Å². The number of methoxy groups -OCH3 is 1. The third-order valence-corrected chi connectivity index (χ3v) is 5.13. The molecule has 0 unspecified atom stereocenters. The molecular weight excluding hydrogens is 404 g/mol. The van der Waals surface area contributed by atoms with Crippen molar-refractivity contribution in [1.82, 2.24) is 35.0 Å². The molecule has 0 fully saturated rings. The molecule has 0 saturated heterocycles. The Balaban J connectivity index is 1.41. The van der Waals surface area contributed by atoms with E-state index >= 15 is 0 Å². The number of aryl methyl sites for hydroxylation is 1. The zero-order valence-corrected chi connectivity index (χ0v) is 17.1. The Morgan fingerprint density at radius 1 is 1.13 bits per heavy atom. The summed E-state index contributed by atoms with van der Waals surface area (Å²) < 4.78 is 8.72. The van der Waals surface area contributed by atoms with Crippen molar-refractivity contribution in [1.29, 1.82) is 0 Å². The predicted molar refractivity (Wildman–Crippen MR) is 111 cm³/mol. The van der Waals surface area contributed by atoms with Gasteiger partial charge in [0.2, 0.25) is 5.91 Å². The molecule has 30 heavy (non-hydrogen) atoms. The lowest BCUT2D eigenvalue weighted by molar-refractivity contribution is -0.113. The van der Waals surface area contributed by atoms with Gasteiger partial charge in [-0.3, -0.25) is 9.36 Å². The zero-order chi connectivity index (χ0) is 20.9. The number of rotatable bonds is 7. The Hall–Kier alpha value is -3.73. The zero-order valence-electron chi connectivity index (χ0n) is 16.3. The third kappa shape index (κ3) is 4.30. The second-order valence-corrected chi connectivity index (χ2v) is 7.15. The Labute approximate surface area is 176 Å². The highest BCUT2D eigenvalue weighted by atomic mass is 32.2. The highest BCUT2D eigenvalue weighted by Gasteiger charge is 2.14. The minimum Gasteiger partial charge on any atom is -0.497 e. The number of ether oxygens (including phenoxy) is 1. The fourth-order valence-electron chi connectivity index (χ4n) is 2.79. The SMILES string of the molecule is COc1cccc(-n2c(C)nnc2SCC(=O)Nc2ccc(-n3cnnn3)cc2)c1. The van der Waals surface area contributed by atoms with Crippen LogP contribution < -0.4 is 10.1 Å². The summed E-state index contributed by atoms with van der Waals surface area (Å²) in [6, 6.07) is 14.8. The van der Waals surface area contributed by atoms with Gasteiger partial charge in [-0.15, -0.1) is 15.3 Å². The number of carbonyl (C=O) groups excluding carboxylic acids is 1. The smallest absolute Gasteiger partial charge is 0.234 e. The van der Waals surface area contributed by atoms with Crippen LogP contribution in [0.3, 0.4) is 0 Å². The summed E-state index contributed by atoms with van der Waals surface area (Å²) in [5.74, 6) is 1.51. The summed E-state index contributed by atoms with van der Waals surface area (Å²) >= 11 is 1.31. The van der Waals surface area contributed by atoms with Crippen LogP contribution in [0.4, 0.5) is 5.69 Å². The fourth-order valence-corrected chi connectivity index (χ4v) is 3.59. The Kier molecular flexibility index (Phi) is 5.70. The molecule has 152 valence electrons. The Morgan fingerprint density at radius 3 is 2.70 bits per heavy atom. The molecule has 10 nitrogen and oxygen atoms in total. The van der Waals surface area contributed by atoms with Crippen LogP contribution in [-0.2, 0) is 4.79 Å². The van der Waals surface area contributed by atoms with Crippen molar-refractivity contribution < 1.29 is 9.53 Å². The molecule has 0 radical (unpaired) electrons. The lowest BCUT2D eigenvalue weighted by Gasteiger charge is -2.10. The second-order valence-electron chi connectivity index (χ2n) is 6.20. The topological polar surface area (TPSA) is 113 Å².